The third kappa shape index (κ3) is 3.89. The average Bonchev–Trinajstić information content (AvgIpc) is 3.60. The maximum Gasteiger partial charge on any atom is 0.586 e. The van der Waals surface area contributed by atoms with Gasteiger partial charge in [-0.05, 0) is 47.8 Å². The predicted molar refractivity (Wildman–Crippen MR) is 125 cm³/mol. The van der Waals surface area contributed by atoms with Crippen LogP contribution in [0.5, 0.6) is 11.5 Å². The fourth-order valence-electron chi connectivity index (χ4n) is 4.91. The number of allylic oxidation sites excluding steroid dienone is 3. The summed E-state index contributed by atoms with van der Waals surface area (Å²) in [5, 5.41) is 2.99. The second kappa shape index (κ2) is 7.98. The van der Waals surface area contributed by atoms with Gasteiger partial charge in [-0.25, -0.2) is 0 Å². The molecule has 1 fully saturated rings. The van der Waals surface area contributed by atoms with E-state index in [9.17, 15) is 13.6 Å². The minimum Gasteiger partial charge on any atom is -0.395 e. The number of alkyl halides is 2. The molecule has 1 saturated carbocycles. The number of carbonyl (C=O) groups excluding carboxylic acids is 1. The van der Waals surface area contributed by atoms with Crippen LogP contribution in [0.25, 0.3) is 0 Å². The fourth-order valence-corrected chi connectivity index (χ4v) is 4.91. The van der Waals surface area contributed by atoms with Gasteiger partial charge in [0.05, 0.1) is 11.5 Å². The summed E-state index contributed by atoms with van der Waals surface area (Å²) in [7, 11) is 1.63. The summed E-state index contributed by atoms with van der Waals surface area (Å²) in [5.41, 5.74) is 1.81. The van der Waals surface area contributed by atoms with Crippen LogP contribution in [-0.2, 0) is 14.9 Å². The molecule has 35 heavy (non-hydrogen) atoms. The van der Waals surface area contributed by atoms with Gasteiger partial charge in [-0.15, -0.1) is 8.78 Å². The highest BCUT2D eigenvalue weighted by atomic mass is 19.3. The smallest absolute Gasteiger partial charge is 0.395 e. The number of amidine groups is 1. The van der Waals surface area contributed by atoms with Gasteiger partial charge in [0, 0.05) is 25.7 Å². The zero-order chi connectivity index (χ0) is 24.2. The second-order valence-corrected chi connectivity index (χ2v) is 9.15. The summed E-state index contributed by atoms with van der Waals surface area (Å²) in [6.45, 7) is 0. The molecule has 3 aliphatic heterocycles. The normalized spacial score (nSPS) is 28.5. The molecule has 3 atom stereocenters. The third-order valence-electron chi connectivity index (χ3n) is 6.96. The van der Waals surface area contributed by atoms with Crippen LogP contribution in [-0.4, -0.2) is 43.6 Å². The molecule has 7 nitrogen and oxygen atoms in total. The largest absolute Gasteiger partial charge is 0.586 e. The first-order chi connectivity index (χ1) is 16.9. The molecule has 0 bridgehead atoms. The number of dihydropyridines is 2. The molecule has 1 N–H and O–H groups in total. The lowest BCUT2D eigenvalue weighted by molar-refractivity contribution is -0.286. The predicted octanol–water partition coefficient (Wildman–Crippen LogP) is 3.98. The summed E-state index contributed by atoms with van der Waals surface area (Å²) in [5.74, 6) is 0.178. The van der Waals surface area contributed by atoms with Gasteiger partial charge in [-0.3, -0.25) is 14.8 Å². The van der Waals surface area contributed by atoms with Crippen molar-refractivity contribution < 1.29 is 27.8 Å². The van der Waals surface area contributed by atoms with Crippen LogP contribution < -0.4 is 14.8 Å². The number of halogens is 2. The number of hydrogen-bond acceptors (Lipinski definition) is 6. The van der Waals surface area contributed by atoms with E-state index in [1.807, 2.05) is 24.3 Å². The summed E-state index contributed by atoms with van der Waals surface area (Å²) in [6.07, 6.45) is 11.8. The van der Waals surface area contributed by atoms with Crippen molar-refractivity contribution in [2.24, 2.45) is 15.9 Å². The van der Waals surface area contributed by atoms with Crippen molar-refractivity contribution in [1.29, 1.82) is 0 Å². The Hall–Kier alpha value is -3.59. The summed E-state index contributed by atoms with van der Waals surface area (Å²) in [4.78, 5) is 22.7. The van der Waals surface area contributed by atoms with E-state index in [0.29, 0.717) is 30.7 Å². The average molecular weight is 479 g/mol. The highest BCUT2D eigenvalue weighted by Gasteiger charge is 2.53. The van der Waals surface area contributed by atoms with Gasteiger partial charge < -0.3 is 19.5 Å². The monoisotopic (exact) mass is 479 g/mol. The van der Waals surface area contributed by atoms with Gasteiger partial charge in [-0.2, -0.15) is 0 Å². The topological polar surface area (TPSA) is 81.5 Å². The maximum atomic E-state index is 13.4. The highest BCUT2D eigenvalue weighted by Crippen LogP contribution is 2.52. The number of carbonyl (C=O) groups is 1. The van der Waals surface area contributed by atoms with E-state index in [1.165, 1.54) is 12.1 Å². The van der Waals surface area contributed by atoms with Gasteiger partial charge in [0.15, 0.2) is 17.7 Å². The summed E-state index contributed by atoms with van der Waals surface area (Å²) < 4.78 is 41.2. The Kier molecular flexibility index (Phi) is 5.00. The van der Waals surface area contributed by atoms with Crippen molar-refractivity contribution in [3.63, 3.8) is 0 Å². The summed E-state index contributed by atoms with van der Waals surface area (Å²) >= 11 is 0. The number of hydrogen-bond donors (Lipinski definition) is 1. The molecule has 1 amide bonds. The molecule has 0 radical (unpaired) electrons. The van der Waals surface area contributed by atoms with Gasteiger partial charge in [0.1, 0.15) is 5.84 Å². The van der Waals surface area contributed by atoms with Crippen LogP contribution in [0.3, 0.4) is 0 Å². The molecule has 3 unspecified atom stereocenters. The minimum atomic E-state index is -3.70. The first kappa shape index (κ1) is 21.9. The van der Waals surface area contributed by atoms with E-state index in [-0.39, 0.29) is 35.6 Å². The van der Waals surface area contributed by atoms with E-state index in [4.69, 9.17) is 9.73 Å². The molecular formula is C26H23F2N3O4. The van der Waals surface area contributed by atoms with Crippen LogP contribution in [0.1, 0.15) is 24.8 Å². The molecule has 3 heterocycles. The molecule has 180 valence electrons. The molecule has 9 heteroatoms. The van der Waals surface area contributed by atoms with Crippen molar-refractivity contribution in [2.45, 2.75) is 43.2 Å². The number of amides is 1. The zero-order valence-electron chi connectivity index (χ0n) is 18.9. The molecule has 0 aromatic heterocycles. The Morgan fingerprint density at radius 1 is 1.17 bits per heavy atom. The van der Waals surface area contributed by atoms with E-state index in [0.717, 1.165) is 11.1 Å². The fraction of sp³-hybridized carbons (Fsp3) is 0.346. The maximum absolute atomic E-state index is 13.4. The van der Waals surface area contributed by atoms with E-state index < -0.39 is 11.7 Å². The standard InChI is InChI=1S/C26H23F2N3O4/c1-33-22-9-6-16(14-29-22)23-18-5-3-2-4-15(18)12-21(30-23)31-24(32)25(10-11-25)17-7-8-19-20(13-17)35-26(27,28)34-19/h2-8,12-14,18,22-23H,9-11H2,1H3,(H,30,31,32). The Bertz CT molecular complexity index is 1270. The highest BCUT2D eigenvalue weighted by molar-refractivity contribution is 6.09. The van der Waals surface area contributed by atoms with Crippen LogP contribution in [0, 0.1) is 5.92 Å². The van der Waals surface area contributed by atoms with E-state index >= 15 is 0 Å². The molecule has 1 aromatic carbocycles. The Balaban J connectivity index is 1.25. The van der Waals surface area contributed by atoms with Crippen molar-refractivity contribution in [2.75, 3.05) is 7.11 Å². The van der Waals surface area contributed by atoms with Gasteiger partial charge in [0.2, 0.25) is 5.91 Å². The number of nitrogens with one attached hydrogen (secondary N) is 1. The van der Waals surface area contributed by atoms with Gasteiger partial charge >= 0.3 is 6.29 Å². The molecular weight excluding hydrogens is 456 g/mol. The number of methoxy groups -OCH3 is 1. The minimum absolute atomic E-state index is 0.0412. The van der Waals surface area contributed by atoms with E-state index in [1.54, 1.807) is 19.4 Å². The lowest BCUT2D eigenvalue weighted by atomic mass is 9.82. The Morgan fingerprint density at radius 3 is 2.74 bits per heavy atom. The first-order valence-corrected chi connectivity index (χ1v) is 11.5. The Labute approximate surface area is 200 Å². The third-order valence-corrected chi connectivity index (χ3v) is 6.96. The van der Waals surface area contributed by atoms with Crippen LogP contribution in [0.4, 0.5) is 8.78 Å². The SMILES string of the molecule is COC1CC=C(C2N=C(NC(=O)C3(c4ccc5c(c4)OC(F)(F)O5)CC3)C=C3C=CC=CC32)C=N1. The number of fused-ring (bicyclic) bond motifs is 2. The molecule has 2 aliphatic carbocycles. The number of nitrogens with zero attached hydrogens (tertiary/aromatic N) is 2. The first-order valence-electron chi connectivity index (χ1n) is 11.5. The van der Waals surface area contributed by atoms with Gasteiger partial charge in [0.25, 0.3) is 0 Å². The molecule has 5 aliphatic rings. The van der Waals surface area contributed by atoms with Crippen LogP contribution >= 0.6 is 0 Å². The zero-order valence-corrected chi connectivity index (χ0v) is 18.9. The van der Waals surface area contributed by atoms with Gasteiger partial charge in [-0.1, -0.05) is 36.4 Å². The lowest BCUT2D eigenvalue weighted by Crippen LogP contribution is -2.41. The van der Waals surface area contributed by atoms with Crippen molar-refractivity contribution in [3.05, 3.63) is 71.4 Å². The Morgan fingerprint density at radius 2 is 2.00 bits per heavy atom. The number of rotatable bonds is 4. The van der Waals surface area contributed by atoms with Crippen LogP contribution in [0.2, 0.25) is 0 Å². The van der Waals surface area contributed by atoms with E-state index in [2.05, 4.69) is 31.9 Å². The van der Waals surface area contributed by atoms with Crippen molar-refractivity contribution >= 4 is 18.0 Å². The lowest BCUT2D eigenvalue weighted by Gasteiger charge is -2.31. The molecule has 0 saturated heterocycles. The summed E-state index contributed by atoms with van der Waals surface area (Å²) in [6, 6.07) is 4.30. The molecule has 0 spiro atoms. The second-order valence-electron chi connectivity index (χ2n) is 9.15. The number of aliphatic imine (C=N–C) groups is 2. The van der Waals surface area contributed by atoms with Crippen LogP contribution in [0.15, 0.2) is 75.8 Å². The van der Waals surface area contributed by atoms with Crippen molar-refractivity contribution in [3.8, 4) is 11.5 Å². The number of benzene rings is 1. The quantitative estimate of drug-likeness (QED) is 0.709. The molecule has 6 rings (SSSR count). The van der Waals surface area contributed by atoms with Crippen molar-refractivity contribution in [1.82, 2.24) is 5.32 Å². The molecule has 1 aromatic rings. The number of ether oxygens (including phenoxy) is 3.